The van der Waals surface area contributed by atoms with Crippen molar-refractivity contribution in [1.82, 2.24) is 5.32 Å². The first kappa shape index (κ1) is 13.6. The van der Waals surface area contributed by atoms with Gasteiger partial charge in [-0.05, 0) is 43.3 Å². The molecule has 0 fully saturated rings. The van der Waals surface area contributed by atoms with Gasteiger partial charge in [-0.1, -0.05) is 37.3 Å². The molecule has 2 nitrogen and oxygen atoms in total. The summed E-state index contributed by atoms with van der Waals surface area (Å²) in [6.45, 7) is 5.32. The lowest BCUT2D eigenvalue weighted by atomic mass is 10.1. The zero-order valence-corrected chi connectivity index (χ0v) is 11.9. The maximum atomic E-state index is 3.43. The molecule has 100 valence electrons. The molecule has 0 aliphatic heterocycles. The fourth-order valence-corrected chi connectivity index (χ4v) is 2.21. The van der Waals surface area contributed by atoms with Crippen LogP contribution in [0.3, 0.4) is 0 Å². The number of nitrogens with one attached hydrogen (secondary N) is 1. The van der Waals surface area contributed by atoms with E-state index in [9.17, 15) is 0 Å². The van der Waals surface area contributed by atoms with Gasteiger partial charge in [0, 0.05) is 24.5 Å². The zero-order chi connectivity index (χ0) is 13.7. The minimum atomic E-state index is 0.404. The molecule has 2 aromatic carbocycles. The van der Waals surface area contributed by atoms with Gasteiger partial charge in [-0.2, -0.15) is 0 Å². The van der Waals surface area contributed by atoms with Crippen molar-refractivity contribution in [1.29, 1.82) is 0 Å². The average Bonchev–Trinajstić information content (AvgIpc) is 2.48. The molecule has 0 heterocycles. The highest BCUT2D eigenvalue weighted by molar-refractivity contribution is 5.62. The Morgan fingerprint density at radius 2 is 1.53 bits per heavy atom. The Bertz CT molecular complexity index is 490. The summed E-state index contributed by atoms with van der Waals surface area (Å²) in [6, 6.07) is 19.6. The molecule has 0 saturated heterocycles. The quantitative estimate of drug-likeness (QED) is 0.863. The SMILES string of the molecule is CCNC(C)c1ccc(N(C)c2ccccc2)cc1. The van der Waals surface area contributed by atoms with Crippen LogP contribution in [0, 0.1) is 0 Å². The van der Waals surface area contributed by atoms with Crippen LogP contribution in [0.2, 0.25) is 0 Å². The number of para-hydroxylation sites is 1. The topological polar surface area (TPSA) is 15.3 Å². The molecule has 1 atom stereocenters. The number of hydrogen-bond donors (Lipinski definition) is 1. The summed E-state index contributed by atoms with van der Waals surface area (Å²) >= 11 is 0. The number of nitrogens with zero attached hydrogens (tertiary/aromatic N) is 1. The molecule has 0 amide bonds. The Labute approximate surface area is 116 Å². The number of rotatable bonds is 5. The average molecular weight is 254 g/mol. The van der Waals surface area contributed by atoms with E-state index in [0.29, 0.717) is 6.04 Å². The van der Waals surface area contributed by atoms with Crippen LogP contribution in [0.15, 0.2) is 54.6 Å². The molecule has 0 saturated carbocycles. The second-order valence-electron chi connectivity index (χ2n) is 4.77. The molecule has 0 aromatic heterocycles. The predicted octanol–water partition coefficient (Wildman–Crippen LogP) is 4.13. The van der Waals surface area contributed by atoms with Crippen LogP contribution in [-0.2, 0) is 0 Å². The van der Waals surface area contributed by atoms with Crippen molar-refractivity contribution in [2.45, 2.75) is 19.9 Å². The zero-order valence-electron chi connectivity index (χ0n) is 11.9. The molecular formula is C17H22N2. The van der Waals surface area contributed by atoms with Crippen LogP contribution in [-0.4, -0.2) is 13.6 Å². The first-order valence-corrected chi connectivity index (χ1v) is 6.84. The van der Waals surface area contributed by atoms with Gasteiger partial charge in [0.1, 0.15) is 0 Å². The van der Waals surface area contributed by atoms with E-state index in [-0.39, 0.29) is 0 Å². The van der Waals surface area contributed by atoms with Crippen molar-refractivity contribution in [3.63, 3.8) is 0 Å². The Kier molecular flexibility index (Phi) is 4.58. The smallest absolute Gasteiger partial charge is 0.0408 e. The monoisotopic (exact) mass is 254 g/mol. The number of benzene rings is 2. The first-order chi connectivity index (χ1) is 9.22. The van der Waals surface area contributed by atoms with Crippen molar-refractivity contribution in [3.8, 4) is 0 Å². The molecule has 1 N–H and O–H groups in total. The van der Waals surface area contributed by atoms with E-state index in [0.717, 1.165) is 6.54 Å². The highest BCUT2D eigenvalue weighted by atomic mass is 15.1. The van der Waals surface area contributed by atoms with Crippen molar-refractivity contribution >= 4 is 11.4 Å². The third kappa shape index (κ3) is 3.36. The highest BCUT2D eigenvalue weighted by Crippen LogP contribution is 2.24. The summed E-state index contributed by atoms with van der Waals surface area (Å²) in [5.41, 5.74) is 3.74. The maximum absolute atomic E-state index is 3.43. The predicted molar refractivity (Wildman–Crippen MR) is 83.0 cm³/mol. The number of hydrogen-bond acceptors (Lipinski definition) is 2. The van der Waals surface area contributed by atoms with E-state index in [1.165, 1.54) is 16.9 Å². The standard InChI is InChI=1S/C17H22N2/c1-4-18-14(2)15-10-12-17(13-11-15)19(3)16-8-6-5-7-9-16/h5-14,18H,4H2,1-3H3. The molecule has 2 aromatic rings. The van der Waals surface area contributed by atoms with Crippen LogP contribution in [0.25, 0.3) is 0 Å². The van der Waals surface area contributed by atoms with Gasteiger partial charge < -0.3 is 10.2 Å². The Hall–Kier alpha value is -1.80. The van der Waals surface area contributed by atoms with Crippen LogP contribution in [0.5, 0.6) is 0 Å². The van der Waals surface area contributed by atoms with Crippen molar-refractivity contribution in [2.75, 3.05) is 18.5 Å². The molecule has 1 unspecified atom stereocenters. The second kappa shape index (κ2) is 6.39. The van der Waals surface area contributed by atoms with E-state index < -0.39 is 0 Å². The Morgan fingerprint density at radius 1 is 0.947 bits per heavy atom. The summed E-state index contributed by atoms with van der Waals surface area (Å²) in [5, 5.41) is 3.43. The minimum Gasteiger partial charge on any atom is -0.345 e. The molecule has 0 aliphatic carbocycles. The van der Waals surface area contributed by atoms with Gasteiger partial charge in [-0.25, -0.2) is 0 Å². The summed E-state index contributed by atoms with van der Waals surface area (Å²) < 4.78 is 0. The van der Waals surface area contributed by atoms with Crippen LogP contribution < -0.4 is 10.2 Å². The van der Waals surface area contributed by atoms with Crippen molar-refractivity contribution in [3.05, 3.63) is 60.2 Å². The molecule has 0 radical (unpaired) electrons. The number of anilines is 2. The molecule has 0 aliphatic rings. The summed E-state index contributed by atoms with van der Waals surface area (Å²) in [7, 11) is 2.10. The normalized spacial score (nSPS) is 12.2. The van der Waals surface area contributed by atoms with Gasteiger partial charge in [0.05, 0.1) is 0 Å². The second-order valence-corrected chi connectivity index (χ2v) is 4.77. The molecule has 2 rings (SSSR count). The minimum absolute atomic E-state index is 0.404. The summed E-state index contributed by atoms with van der Waals surface area (Å²) in [5.74, 6) is 0. The molecule has 2 heteroatoms. The van der Waals surface area contributed by atoms with Crippen LogP contribution in [0.1, 0.15) is 25.5 Å². The molecule has 0 bridgehead atoms. The molecular weight excluding hydrogens is 232 g/mol. The first-order valence-electron chi connectivity index (χ1n) is 6.84. The lowest BCUT2D eigenvalue weighted by molar-refractivity contribution is 0.598. The summed E-state index contributed by atoms with van der Waals surface area (Å²) in [4.78, 5) is 2.20. The Morgan fingerprint density at radius 3 is 2.11 bits per heavy atom. The van der Waals surface area contributed by atoms with Crippen LogP contribution in [0.4, 0.5) is 11.4 Å². The van der Waals surface area contributed by atoms with Crippen LogP contribution >= 0.6 is 0 Å². The highest BCUT2D eigenvalue weighted by Gasteiger charge is 2.06. The van der Waals surface area contributed by atoms with Crippen molar-refractivity contribution < 1.29 is 0 Å². The van der Waals surface area contributed by atoms with Gasteiger partial charge in [0.25, 0.3) is 0 Å². The molecule has 19 heavy (non-hydrogen) atoms. The third-order valence-corrected chi connectivity index (χ3v) is 3.43. The molecule has 0 spiro atoms. The van der Waals surface area contributed by atoms with Crippen molar-refractivity contribution in [2.24, 2.45) is 0 Å². The van der Waals surface area contributed by atoms with E-state index in [1.54, 1.807) is 0 Å². The van der Waals surface area contributed by atoms with E-state index >= 15 is 0 Å². The van der Waals surface area contributed by atoms with E-state index in [4.69, 9.17) is 0 Å². The third-order valence-electron chi connectivity index (χ3n) is 3.43. The largest absolute Gasteiger partial charge is 0.345 e. The van der Waals surface area contributed by atoms with E-state index in [1.807, 2.05) is 6.07 Å². The Balaban J connectivity index is 2.14. The summed E-state index contributed by atoms with van der Waals surface area (Å²) in [6.07, 6.45) is 0. The maximum Gasteiger partial charge on any atom is 0.0408 e. The van der Waals surface area contributed by atoms with Gasteiger partial charge >= 0.3 is 0 Å². The van der Waals surface area contributed by atoms with E-state index in [2.05, 4.69) is 79.6 Å². The lowest BCUT2D eigenvalue weighted by Crippen LogP contribution is -2.17. The fourth-order valence-electron chi connectivity index (χ4n) is 2.21. The van der Waals surface area contributed by atoms with Gasteiger partial charge in [0.2, 0.25) is 0 Å². The van der Waals surface area contributed by atoms with Gasteiger partial charge in [0.15, 0.2) is 0 Å². The van der Waals surface area contributed by atoms with Gasteiger partial charge in [-0.15, -0.1) is 0 Å². The fraction of sp³-hybridized carbons (Fsp3) is 0.294. The lowest BCUT2D eigenvalue weighted by Gasteiger charge is -2.20. The van der Waals surface area contributed by atoms with Gasteiger partial charge in [-0.3, -0.25) is 0 Å².